The van der Waals surface area contributed by atoms with E-state index >= 15 is 0 Å². The highest BCUT2D eigenvalue weighted by Crippen LogP contribution is 2.28. The third-order valence-corrected chi connectivity index (χ3v) is 4.83. The van der Waals surface area contributed by atoms with Gasteiger partial charge in [-0.15, -0.1) is 0 Å². The molecule has 0 saturated carbocycles. The Morgan fingerprint density at radius 1 is 1.30 bits per heavy atom. The first-order valence-corrected chi connectivity index (χ1v) is 9.92. The quantitative estimate of drug-likeness (QED) is 0.651. The van der Waals surface area contributed by atoms with E-state index in [4.69, 9.17) is 9.15 Å². The molecule has 2 aromatic heterocycles. The second kappa shape index (κ2) is 8.54. The summed E-state index contributed by atoms with van der Waals surface area (Å²) in [5.41, 5.74) is 1.91. The molecule has 4 rings (SSSR count). The van der Waals surface area contributed by atoms with Crippen LogP contribution in [0.1, 0.15) is 30.0 Å². The largest absolute Gasteiger partial charge is 0.451 e. The summed E-state index contributed by atoms with van der Waals surface area (Å²) in [6.07, 6.45) is 1.61. The summed E-state index contributed by atoms with van der Waals surface area (Å²) < 4.78 is 11.6. The molecular formula is C22H24N4O4. The minimum Gasteiger partial charge on any atom is -0.451 e. The van der Waals surface area contributed by atoms with Gasteiger partial charge in [0, 0.05) is 24.0 Å². The van der Waals surface area contributed by atoms with Crippen molar-refractivity contribution >= 4 is 34.3 Å². The summed E-state index contributed by atoms with van der Waals surface area (Å²) in [5, 5.41) is 6.48. The predicted molar refractivity (Wildman–Crippen MR) is 114 cm³/mol. The number of hydrogen-bond donors (Lipinski definition) is 2. The Bertz CT molecular complexity index is 1060. The van der Waals surface area contributed by atoms with Gasteiger partial charge < -0.3 is 24.7 Å². The van der Waals surface area contributed by atoms with Crippen LogP contribution in [0.2, 0.25) is 0 Å². The highest BCUT2D eigenvalue weighted by Gasteiger charge is 2.22. The molecule has 1 aromatic carbocycles. The number of carbonyl (C=O) groups excluding carboxylic acids is 2. The molecule has 3 aromatic rings. The van der Waals surface area contributed by atoms with Crippen molar-refractivity contribution in [1.82, 2.24) is 10.3 Å². The van der Waals surface area contributed by atoms with Crippen LogP contribution in [0.4, 0.5) is 11.5 Å². The Labute approximate surface area is 174 Å². The lowest BCUT2D eigenvalue weighted by molar-refractivity contribution is -0.120. The van der Waals surface area contributed by atoms with Crippen LogP contribution in [0.3, 0.4) is 0 Å². The van der Waals surface area contributed by atoms with Crippen LogP contribution in [0.15, 0.2) is 47.0 Å². The Morgan fingerprint density at radius 3 is 2.87 bits per heavy atom. The minimum atomic E-state index is -0.361. The van der Waals surface area contributed by atoms with E-state index in [0.717, 1.165) is 10.9 Å². The molecule has 0 radical (unpaired) electrons. The van der Waals surface area contributed by atoms with Crippen molar-refractivity contribution in [1.29, 1.82) is 0 Å². The second-order valence-electron chi connectivity index (χ2n) is 7.40. The molecule has 1 saturated heterocycles. The van der Waals surface area contributed by atoms with Gasteiger partial charge in [0.2, 0.25) is 5.91 Å². The number of ether oxygens (including phenoxy) is 1. The van der Waals surface area contributed by atoms with Gasteiger partial charge in [-0.05, 0) is 32.0 Å². The van der Waals surface area contributed by atoms with Crippen LogP contribution < -0.4 is 15.5 Å². The van der Waals surface area contributed by atoms with E-state index in [0.29, 0.717) is 30.2 Å². The number of rotatable bonds is 6. The van der Waals surface area contributed by atoms with E-state index in [9.17, 15) is 9.59 Å². The summed E-state index contributed by atoms with van der Waals surface area (Å²) in [4.78, 5) is 30.8. The number of anilines is 2. The molecule has 3 heterocycles. The molecule has 0 atom stereocenters. The molecule has 0 bridgehead atoms. The van der Waals surface area contributed by atoms with Crippen LogP contribution >= 0.6 is 0 Å². The van der Waals surface area contributed by atoms with Gasteiger partial charge in [-0.3, -0.25) is 9.59 Å². The molecule has 30 heavy (non-hydrogen) atoms. The van der Waals surface area contributed by atoms with Gasteiger partial charge in [0.25, 0.3) is 5.91 Å². The highest BCUT2D eigenvalue weighted by atomic mass is 16.5. The van der Waals surface area contributed by atoms with E-state index in [1.54, 1.807) is 18.3 Å². The maximum atomic E-state index is 12.9. The van der Waals surface area contributed by atoms with E-state index < -0.39 is 0 Å². The number of carbonyl (C=O) groups is 2. The first-order chi connectivity index (χ1) is 14.5. The van der Waals surface area contributed by atoms with Gasteiger partial charge in [-0.1, -0.05) is 18.2 Å². The third kappa shape index (κ3) is 4.28. The number of hydrogen-bond acceptors (Lipinski definition) is 6. The number of fused-ring (bicyclic) bond motifs is 1. The fourth-order valence-electron chi connectivity index (χ4n) is 3.34. The zero-order chi connectivity index (χ0) is 21.1. The van der Waals surface area contributed by atoms with Crippen LogP contribution in [0, 0.1) is 0 Å². The normalized spacial score (nSPS) is 14.2. The number of aromatic nitrogens is 1. The summed E-state index contributed by atoms with van der Waals surface area (Å²) in [6.45, 7) is 5.74. The SMILES string of the molecule is CC(C)OCc1c(C(=O)Nc2ccc(N3CCNC(=O)C3)nc2)oc2ccccc12. The standard InChI is InChI=1S/C22H24N4O4/c1-14(2)29-13-17-16-5-3-4-6-18(16)30-21(17)22(28)25-15-7-8-19(24-11-15)26-10-9-23-20(27)12-26/h3-8,11,14H,9-10,12-13H2,1-2H3,(H,23,27)(H,25,28). The van der Waals surface area contributed by atoms with Crippen LogP contribution in [0.5, 0.6) is 0 Å². The fourth-order valence-corrected chi connectivity index (χ4v) is 3.34. The van der Waals surface area contributed by atoms with E-state index in [-0.39, 0.29) is 36.8 Å². The third-order valence-electron chi connectivity index (χ3n) is 4.83. The molecule has 156 valence electrons. The number of piperazine rings is 1. The minimum absolute atomic E-state index is 0.0264. The van der Waals surface area contributed by atoms with Crippen molar-refractivity contribution in [3.05, 3.63) is 53.9 Å². The zero-order valence-corrected chi connectivity index (χ0v) is 17.0. The number of nitrogens with one attached hydrogen (secondary N) is 2. The molecule has 2 amide bonds. The Kier molecular flexibility index (Phi) is 5.67. The number of pyridine rings is 1. The van der Waals surface area contributed by atoms with E-state index in [1.165, 1.54) is 0 Å². The number of para-hydroxylation sites is 1. The molecule has 1 fully saturated rings. The average molecular weight is 408 g/mol. The lowest BCUT2D eigenvalue weighted by atomic mass is 10.1. The fraction of sp³-hybridized carbons (Fsp3) is 0.318. The second-order valence-corrected chi connectivity index (χ2v) is 7.40. The Hall–Kier alpha value is -3.39. The molecule has 8 nitrogen and oxygen atoms in total. The first kappa shape index (κ1) is 19.9. The lowest BCUT2D eigenvalue weighted by Gasteiger charge is -2.27. The summed E-state index contributed by atoms with van der Waals surface area (Å²) in [6, 6.07) is 11.1. The van der Waals surface area contributed by atoms with E-state index in [2.05, 4.69) is 15.6 Å². The number of nitrogens with zero attached hydrogens (tertiary/aromatic N) is 2. The van der Waals surface area contributed by atoms with Gasteiger partial charge in [-0.2, -0.15) is 0 Å². The lowest BCUT2D eigenvalue weighted by Crippen LogP contribution is -2.48. The molecule has 8 heteroatoms. The molecule has 0 spiro atoms. The molecule has 0 unspecified atom stereocenters. The smallest absolute Gasteiger partial charge is 0.291 e. The molecular weight excluding hydrogens is 384 g/mol. The highest BCUT2D eigenvalue weighted by molar-refractivity contribution is 6.06. The maximum Gasteiger partial charge on any atom is 0.291 e. The van der Waals surface area contributed by atoms with Crippen molar-refractivity contribution in [3.63, 3.8) is 0 Å². The van der Waals surface area contributed by atoms with Crippen LogP contribution in [-0.2, 0) is 16.1 Å². The number of amides is 2. The zero-order valence-electron chi connectivity index (χ0n) is 17.0. The van der Waals surface area contributed by atoms with Gasteiger partial charge in [0.1, 0.15) is 11.4 Å². The first-order valence-electron chi connectivity index (χ1n) is 9.92. The Balaban J connectivity index is 1.53. The molecule has 0 aliphatic carbocycles. The van der Waals surface area contributed by atoms with Crippen molar-refractivity contribution < 1.29 is 18.7 Å². The average Bonchev–Trinajstić information content (AvgIpc) is 3.11. The topological polar surface area (TPSA) is 96.7 Å². The monoisotopic (exact) mass is 408 g/mol. The summed E-state index contributed by atoms with van der Waals surface area (Å²) in [5.74, 6) is 0.535. The van der Waals surface area contributed by atoms with Gasteiger partial charge in [0.15, 0.2) is 5.76 Å². The molecule has 2 N–H and O–H groups in total. The molecule has 1 aliphatic heterocycles. The van der Waals surface area contributed by atoms with Gasteiger partial charge in [-0.25, -0.2) is 4.98 Å². The van der Waals surface area contributed by atoms with Crippen molar-refractivity contribution in [2.24, 2.45) is 0 Å². The van der Waals surface area contributed by atoms with Gasteiger partial charge in [0.05, 0.1) is 31.1 Å². The van der Waals surface area contributed by atoms with Crippen LogP contribution in [-0.4, -0.2) is 42.5 Å². The van der Waals surface area contributed by atoms with Crippen LogP contribution in [0.25, 0.3) is 11.0 Å². The number of furan rings is 1. The predicted octanol–water partition coefficient (Wildman–Crippen LogP) is 2.94. The van der Waals surface area contributed by atoms with E-state index in [1.807, 2.05) is 43.0 Å². The van der Waals surface area contributed by atoms with Gasteiger partial charge >= 0.3 is 0 Å². The maximum absolute atomic E-state index is 12.9. The summed E-state index contributed by atoms with van der Waals surface area (Å²) >= 11 is 0. The Morgan fingerprint density at radius 2 is 2.13 bits per heavy atom. The summed E-state index contributed by atoms with van der Waals surface area (Å²) in [7, 11) is 0. The van der Waals surface area contributed by atoms with Crippen molar-refractivity contribution in [2.45, 2.75) is 26.6 Å². The van der Waals surface area contributed by atoms with Crippen molar-refractivity contribution in [3.8, 4) is 0 Å². The molecule has 1 aliphatic rings. The number of benzene rings is 1. The van der Waals surface area contributed by atoms with Crippen molar-refractivity contribution in [2.75, 3.05) is 29.9 Å².